The first-order chi connectivity index (χ1) is 11.1. The largest absolute Gasteiger partial charge is 0.305 e. The molecule has 0 N–H and O–H groups in total. The Hall–Kier alpha value is -1.49. The van der Waals surface area contributed by atoms with Crippen LogP contribution < -0.4 is 0 Å². The zero-order valence-corrected chi connectivity index (χ0v) is 15.1. The smallest absolute Gasteiger partial charge is 0.191 e. The average Bonchev–Trinajstić information content (AvgIpc) is 2.89. The van der Waals surface area contributed by atoms with Gasteiger partial charge >= 0.3 is 0 Å². The Kier molecular flexibility index (Phi) is 4.95. The average molecular weight is 364 g/mol. The standard InChI is InChI=1S/C17H15Cl2N3S/c1-11-6-8-12(9-7-11)16-20-21-17(22(16)2)23-10-13-14(18)4-3-5-15(13)19/h3-9H,10H2,1-2H3. The lowest BCUT2D eigenvalue weighted by atomic mass is 10.1. The fourth-order valence-electron chi connectivity index (χ4n) is 2.20. The van der Waals surface area contributed by atoms with Crippen LogP contribution in [0.3, 0.4) is 0 Å². The van der Waals surface area contributed by atoms with Gasteiger partial charge in [-0.2, -0.15) is 0 Å². The number of aromatic nitrogens is 3. The summed E-state index contributed by atoms with van der Waals surface area (Å²) in [6.45, 7) is 2.06. The van der Waals surface area contributed by atoms with Crippen LogP contribution in [0.1, 0.15) is 11.1 Å². The molecular formula is C17H15Cl2N3S. The molecule has 1 aromatic heterocycles. The minimum Gasteiger partial charge on any atom is -0.305 e. The van der Waals surface area contributed by atoms with Gasteiger partial charge in [0, 0.05) is 28.4 Å². The van der Waals surface area contributed by atoms with E-state index in [1.165, 1.54) is 5.56 Å². The van der Waals surface area contributed by atoms with Crippen molar-refractivity contribution in [1.82, 2.24) is 14.8 Å². The quantitative estimate of drug-likeness (QED) is 0.582. The second kappa shape index (κ2) is 6.95. The van der Waals surface area contributed by atoms with E-state index in [-0.39, 0.29) is 0 Å². The summed E-state index contributed by atoms with van der Waals surface area (Å²) in [5.41, 5.74) is 3.19. The predicted molar refractivity (Wildman–Crippen MR) is 97.2 cm³/mol. The molecule has 118 valence electrons. The highest BCUT2D eigenvalue weighted by Crippen LogP contribution is 2.31. The Morgan fingerprint density at radius 2 is 1.65 bits per heavy atom. The molecule has 0 bridgehead atoms. The van der Waals surface area contributed by atoms with Crippen LogP contribution in [0, 0.1) is 6.92 Å². The molecule has 3 aromatic rings. The minimum atomic E-state index is 0.651. The fraction of sp³-hybridized carbons (Fsp3) is 0.176. The van der Waals surface area contributed by atoms with E-state index in [0.717, 1.165) is 22.1 Å². The van der Waals surface area contributed by atoms with Gasteiger partial charge in [0.25, 0.3) is 0 Å². The van der Waals surface area contributed by atoms with Gasteiger partial charge in [0.2, 0.25) is 0 Å². The van der Waals surface area contributed by atoms with Crippen LogP contribution in [-0.2, 0) is 12.8 Å². The molecule has 6 heteroatoms. The van der Waals surface area contributed by atoms with Crippen molar-refractivity contribution in [1.29, 1.82) is 0 Å². The van der Waals surface area contributed by atoms with Crippen LogP contribution in [0.2, 0.25) is 10.0 Å². The van der Waals surface area contributed by atoms with Crippen molar-refractivity contribution in [2.24, 2.45) is 7.05 Å². The van der Waals surface area contributed by atoms with Crippen LogP contribution in [-0.4, -0.2) is 14.8 Å². The molecule has 0 amide bonds. The van der Waals surface area contributed by atoms with Crippen molar-refractivity contribution >= 4 is 35.0 Å². The topological polar surface area (TPSA) is 30.7 Å². The maximum atomic E-state index is 6.21. The SMILES string of the molecule is Cc1ccc(-c2nnc(SCc3c(Cl)cccc3Cl)n2C)cc1. The molecule has 1 heterocycles. The molecule has 3 nitrogen and oxygen atoms in total. The van der Waals surface area contributed by atoms with Gasteiger partial charge < -0.3 is 4.57 Å². The zero-order valence-electron chi connectivity index (χ0n) is 12.8. The Morgan fingerprint density at radius 1 is 1.00 bits per heavy atom. The lowest BCUT2D eigenvalue weighted by molar-refractivity contribution is 0.794. The molecule has 0 saturated heterocycles. The highest BCUT2D eigenvalue weighted by molar-refractivity contribution is 7.98. The van der Waals surface area contributed by atoms with E-state index >= 15 is 0 Å². The van der Waals surface area contributed by atoms with Crippen molar-refractivity contribution in [3.05, 3.63) is 63.6 Å². The van der Waals surface area contributed by atoms with Gasteiger partial charge in [0.05, 0.1) is 0 Å². The summed E-state index contributed by atoms with van der Waals surface area (Å²) in [6.07, 6.45) is 0. The van der Waals surface area contributed by atoms with Gasteiger partial charge in [0.15, 0.2) is 11.0 Å². The molecule has 0 saturated carbocycles. The van der Waals surface area contributed by atoms with Gasteiger partial charge in [-0.1, -0.05) is 70.9 Å². The number of halogens is 2. The molecule has 0 fully saturated rings. The summed E-state index contributed by atoms with van der Waals surface area (Å²) in [7, 11) is 1.96. The van der Waals surface area contributed by atoms with Crippen molar-refractivity contribution in [3.8, 4) is 11.4 Å². The fourth-order valence-corrected chi connectivity index (χ4v) is 3.85. The van der Waals surface area contributed by atoms with Crippen LogP contribution in [0.25, 0.3) is 11.4 Å². The summed E-state index contributed by atoms with van der Waals surface area (Å²) in [5, 5.41) is 10.8. The Morgan fingerprint density at radius 3 is 2.30 bits per heavy atom. The molecule has 0 aliphatic carbocycles. The van der Waals surface area contributed by atoms with Crippen LogP contribution in [0.4, 0.5) is 0 Å². The van der Waals surface area contributed by atoms with Crippen molar-refractivity contribution < 1.29 is 0 Å². The van der Waals surface area contributed by atoms with Crippen molar-refractivity contribution in [2.45, 2.75) is 17.8 Å². The first-order valence-electron chi connectivity index (χ1n) is 7.08. The number of thioether (sulfide) groups is 1. The zero-order chi connectivity index (χ0) is 16.4. The molecule has 0 atom stereocenters. The summed E-state index contributed by atoms with van der Waals surface area (Å²) in [4.78, 5) is 0. The van der Waals surface area contributed by atoms with E-state index in [0.29, 0.717) is 15.8 Å². The van der Waals surface area contributed by atoms with Gasteiger partial charge in [-0.25, -0.2) is 0 Å². The monoisotopic (exact) mass is 363 g/mol. The van der Waals surface area contributed by atoms with E-state index in [1.807, 2.05) is 29.8 Å². The third-order valence-corrected chi connectivity index (χ3v) is 5.31. The minimum absolute atomic E-state index is 0.651. The van der Waals surface area contributed by atoms with E-state index in [9.17, 15) is 0 Å². The van der Waals surface area contributed by atoms with E-state index in [2.05, 4.69) is 41.4 Å². The van der Waals surface area contributed by atoms with Crippen molar-refractivity contribution in [2.75, 3.05) is 0 Å². The lowest BCUT2D eigenvalue weighted by Crippen LogP contribution is -1.95. The first-order valence-corrected chi connectivity index (χ1v) is 8.82. The van der Waals surface area contributed by atoms with E-state index < -0.39 is 0 Å². The third kappa shape index (κ3) is 3.55. The molecular weight excluding hydrogens is 349 g/mol. The summed E-state index contributed by atoms with van der Waals surface area (Å²) >= 11 is 14.0. The van der Waals surface area contributed by atoms with Crippen LogP contribution >= 0.6 is 35.0 Å². The molecule has 0 aliphatic heterocycles. The number of nitrogens with zero attached hydrogens (tertiary/aromatic N) is 3. The maximum Gasteiger partial charge on any atom is 0.191 e. The first kappa shape index (κ1) is 16.4. The molecule has 0 spiro atoms. The second-order valence-electron chi connectivity index (χ2n) is 5.22. The Bertz CT molecular complexity index is 808. The number of aryl methyl sites for hydroxylation is 1. The molecule has 0 aliphatic rings. The Labute approximate surface area is 149 Å². The summed E-state index contributed by atoms with van der Waals surface area (Å²) < 4.78 is 1.99. The number of benzene rings is 2. The predicted octanol–water partition coefficient (Wildman–Crippen LogP) is 5.39. The van der Waals surface area contributed by atoms with Gasteiger partial charge in [-0.05, 0) is 24.6 Å². The van der Waals surface area contributed by atoms with Gasteiger partial charge in [-0.3, -0.25) is 0 Å². The van der Waals surface area contributed by atoms with Crippen LogP contribution in [0.15, 0.2) is 47.6 Å². The second-order valence-corrected chi connectivity index (χ2v) is 6.98. The summed E-state index contributed by atoms with van der Waals surface area (Å²) in [5.74, 6) is 1.50. The molecule has 23 heavy (non-hydrogen) atoms. The van der Waals surface area contributed by atoms with Gasteiger partial charge in [-0.15, -0.1) is 10.2 Å². The molecule has 3 rings (SSSR count). The van der Waals surface area contributed by atoms with Crippen molar-refractivity contribution in [3.63, 3.8) is 0 Å². The lowest BCUT2D eigenvalue weighted by Gasteiger charge is -2.07. The maximum absolute atomic E-state index is 6.21. The van der Waals surface area contributed by atoms with Crippen LogP contribution in [0.5, 0.6) is 0 Å². The van der Waals surface area contributed by atoms with E-state index in [4.69, 9.17) is 23.2 Å². The summed E-state index contributed by atoms with van der Waals surface area (Å²) in [6, 6.07) is 13.8. The highest BCUT2D eigenvalue weighted by atomic mass is 35.5. The highest BCUT2D eigenvalue weighted by Gasteiger charge is 2.13. The normalized spacial score (nSPS) is 11.0. The molecule has 0 radical (unpaired) electrons. The number of rotatable bonds is 4. The number of hydrogen-bond donors (Lipinski definition) is 0. The Balaban J connectivity index is 1.81. The number of hydrogen-bond acceptors (Lipinski definition) is 3. The third-order valence-electron chi connectivity index (χ3n) is 3.55. The molecule has 0 unspecified atom stereocenters. The van der Waals surface area contributed by atoms with E-state index in [1.54, 1.807) is 11.8 Å². The van der Waals surface area contributed by atoms with Gasteiger partial charge in [0.1, 0.15) is 0 Å². The molecule has 2 aromatic carbocycles.